The SMILES string of the molecule is CC1Cc2cc(-c3ccc(CNC(=O)c4cc5c(=O)[nH]cnc5cn4)cc3)ccc2O1. The van der Waals surface area contributed by atoms with E-state index < -0.39 is 0 Å². The molecule has 2 aromatic carbocycles. The number of rotatable bonds is 4. The highest BCUT2D eigenvalue weighted by atomic mass is 16.5. The molecule has 0 radical (unpaired) electrons. The zero-order chi connectivity index (χ0) is 21.4. The summed E-state index contributed by atoms with van der Waals surface area (Å²) < 4.78 is 5.77. The summed E-state index contributed by atoms with van der Waals surface area (Å²) in [6.07, 6.45) is 3.89. The van der Waals surface area contributed by atoms with E-state index in [9.17, 15) is 9.59 Å². The minimum absolute atomic E-state index is 0.178. The topological polar surface area (TPSA) is 97.0 Å². The van der Waals surface area contributed by atoms with Gasteiger partial charge < -0.3 is 15.0 Å². The predicted octanol–water partition coefficient (Wildman–Crippen LogP) is 3.24. The van der Waals surface area contributed by atoms with E-state index in [0.717, 1.165) is 28.9 Å². The first-order chi connectivity index (χ1) is 15.1. The average Bonchev–Trinajstić information content (AvgIpc) is 3.17. The molecule has 0 saturated heterocycles. The number of hydrogen-bond acceptors (Lipinski definition) is 5. The first-order valence-corrected chi connectivity index (χ1v) is 10.1. The lowest BCUT2D eigenvalue weighted by Crippen LogP contribution is -2.24. The van der Waals surface area contributed by atoms with Gasteiger partial charge in [0.15, 0.2) is 0 Å². The predicted molar refractivity (Wildman–Crippen MR) is 117 cm³/mol. The Labute approximate surface area is 178 Å². The Bertz CT molecular complexity index is 1350. The van der Waals surface area contributed by atoms with Gasteiger partial charge in [-0.25, -0.2) is 9.97 Å². The summed E-state index contributed by atoms with van der Waals surface area (Å²) in [6, 6.07) is 15.8. The number of carbonyl (C=O) groups is 1. The molecule has 154 valence electrons. The molecular weight excluding hydrogens is 392 g/mol. The molecule has 7 nitrogen and oxygen atoms in total. The van der Waals surface area contributed by atoms with Crippen LogP contribution in [0.4, 0.5) is 0 Å². The molecule has 5 rings (SSSR count). The lowest BCUT2D eigenvalue weighted by atomic mass is 10.00. The minimum atomic E-state index is -0.345. The van der Waals surface area contributed by atoms with E-state index >= 15 is 0 Å². The van der Waals surface area contributed by atoms with Crippen LogP contribution in [0.25, 0.3) is 22.0 Å². The van der Waals surface area contributed by atoms with Crippen molar-refractivity contribution in [2.24, 2.45) is 0 Å². The molecule has 1 aliphatic rings. The molecule has 0 saturated carbocycles. The van der Waals surface area contributed by atoms with Gasteiger partial charge in [-0.3, -0.25) is 9.59 Å². The van der Waals surface area contributed by atoms with E-state index in [0.29, 0.717) is 17.4 Å². The van der Waals surface area contributed by atoms with Crippen molar-refractivity contribution in [2.45, 2.75) is 26.0 Å². The number of carbonyl (C=O) groups excluding carboxylic acids is 1. The van der Waals surface area contributed by atoms with Crippen LogP contribution in [0.1, 0.15) is 28.5 Å². The summed E-state index contributed by atoms with van der Waals surface area (Å²) in [7, 11) is 0. The average molecular weight is 412 g/mol. The Morgan fingerprint density at radius 3 is 2.77 bits per heavy atom. The number of ether oxygens (including phenoxy) is 1. The number of aromatic amines is 1. The molecule has 1 amide bonds. The van der Waals surface area contributed by atoms with Gasteiger partial charge in [-0.1, -0.05) is 30.3 Å². The van der Waals surface area contributed by atoms with Crippen LogP contribution in [0.3, 0.4) is 0 Å². The van der Waals surface area contributed by atoms with Gasteiger partial charge in [-0.2, -0.15) is 0 Å². The smallest absolute Gasteiger partial charge is 0.270 e. The highest BCUT2D eigenvalue weighted by Crippen LogP contribution is 2.32. The Kier molecular flexibility index (Phi) is 4.71. The highest BCUT2D eigenvalue weighted by molar-refractivity contribution is 5.95. The van der Waals surface area contributed by atoms with Gasteiger partial charge in [-0.05, 0) is 47.4 Å². The molecule has 0 spiro atoms. The van der Waals surface area contributed by atoms with Crippen LogP contribution in [0.5, 0.6) is 5.75 Å². The Morgan fingerprint density at radius 2 is 1.94 bits per heavy atom. The quantitative estimate of drug-likeness (QED) is 0.536. The van der Waals surface area contributed by atoms with Crippen molar-refractivity contribution in [2.75, 3.05) is 0 Å². The summed E-state index contributed by atoms with van der Waals surface area (Å²) in [5.41, 5.74) is 4.78. The Morgan fingerprint density at radius 1 is 1.13 bits per heavy atom. The molecule has 1 aliphatic heterocycles. The van der Waals surface area contributed by atoms with E-state index in [1.807, 2.05) is 30.3 Å². The third-order valence-corrected chi connectivity index (χ3v) is 5.40. The van der Waals surface area contributed by atoms with Crippen molar-refractivity contribution in [1.29, 1.82) is 0 Å². The fraction of sp³-hybridized carbons (Fsp3) is 0.167. The molecule has 7 heteroatoms. The van der Waals surface area contributed by atoms with Crippen LogP contribution in [0.2, 0.25) is 0 Å². The molecule has 0 aliphatic carbocycles. The number of H-pyrrole nitrogens is 1. The zero-order valence-corrected chi connectivity index (χ0v) is 16.9. The van der Waals surface area contributed by atoms with Gasteiger partial charge in [-0.15, -0.1) is 0 Å². The summed E-state index contributed by atoms with van der Waals surface area (Å²) >= 11 is 0. The molecule has 0 bridgehead atoms. The van der Waals surface area contributed by atoms with E-state index in [4.69, 9.17) is 4.74 Å². The second kappa shape index (κ2) is 7.68. The molecule has 1 unspecified atom stereocenters. The van der Waals surface area contributed by atoms with E-state index in [1.165, 1.54) is 24.2 Å². The van der Waals surface area contributed by atoms with Crippen LogP contribution in [0.15, 0.2) is 65.8 Å². The van der Waals surface area contributed by atoms with Crippen molar-refractivity contribution in [3.8, 4) is 16.9 Å². The number of amides is 1. The van der Waals surface area contributed by atoms with Crippen molar-refractivity contribution in [3.05, 3.63) is 88.2 Å². The maximum absolute atomic E-state index is 12.5. The first-order valence-electron chi connectivity index (χ1n) is 10.1. The van der Waals surface area contributed by atoms with E-state index in [2.05, 4.69) is 39.3 Å². The molecule has 2 aromatic heterocycles. The van der Waals surface area contributed by atoms with Crippen molar-refractivity contribution >= 4 is 16.8 Å². The maximum Gasteiger partial charge on any atom is 0.270 e. The van der Waals surface area contributed by atoms with Gasteiger partial charge >= 0.3 is 0 Å². The molecule has 0 fully saturated rings. The number of fused-ring (bicyclic) bond motifs is 2. The summed E-state index contributed by atoms with van der Waals surface area (Å²) in [4.78, 5) is 35.0. The number of nitrogens with zero attached hydrogens (tertiary/aromatic N) is 2. The number of hydrogen-bond donors (Lipinski definition) is 2. The van der Waals surface area contributed by atoms with Crippen molar-refractivity contribution < 1.29 is 9.53 Å². The molecule has 1 atom stereocenters. The van der Waals surface area contributed by atoms with Crippen LogP contribution < -0.4 is 15.6 Å². The third-order valence-electron chi connectivity index (χ3n) is 5.40. The molecule has 4 aromatic rings. The number of pyridine rings is 1. The van der Waals surface area contributed by atoms with Crippen LogP contribution >= 0.6 is 0 Å². The first kappa shape index (κ1) is 19.0. The molecule has 3 heterocycles. The Balaban J connectivity index is 1.27. The lowest BCUT2D eigenvalue weighted by molar-refractivity contribution is 0.0946. The second-order valence-corrected chi connectivity index (χ2v) is 7.65. The second-order valence-electron chi connectivity index (χ2n) is 7.65. The zero-order valence-electron chi connectivity index (χ0n) is 16.9. The summed E-state index contributed by atoms with van der Waals surface area (Å²) in [6.45, 7) is 2.43. The van der Waals surface area contributed by atoms with Crippen LogP contribution in [-0.4, -0.2) is 27.0 Å². The van der Waals surface area contributed by atoms with Gasteiger partial charge in [0, 0.05) is 13.0 Å². The monoisotopic (exact) mass is 412 g/mol. The van der Waals surface area contributed by atoms with Gasteiger partial charge in [0.1, 0.15) is 17.5 Å². The normalized spacial score (nSPS) is 14.8. The number of benzene rings is 2. The fourth-order valence-corrected chi connectivity index (χ4v) is 3.78. The molecule has 31 heavy (non-hydrogen) atoms. The number of aromatic nitrogens is 3. The molecular formula is C24H20N4O3. The fourth-order valence-electron chi connectivity index (χ4n) is 3.78. The third kappa shape index (κ3) is 3.77. The van der Waals surface area contributed by atoms with Crippen LogP contribution in [-0.2, 0) is 13.0 Å². The maximum atomic E-state index is 12.5. The number of nitrogens with one attached hydrogen (secondary N) is 2. The largest absolute Gasteiger partial charge is 0.490 e. The van der Waals surface area contributed by atoms with E-state index in [-0.39, 0.29) is 23.3 Å². The molecule has 2 N–H and O–H groups in total. The van der Waals surface area contributed by atoms with Gasteiger partial charge in [0.2, 0.25) is 0 Å². The standard InChI is InChI=1S/C24H20N4O3/c1-14-8-18-9-17(6-7-22(18)31-14)16-4-2-15(3-5-16)11-26-24(30)20-10-19-21(12-25-20)27-13-28-23(19)29/h2-7,9-10,12-14H,8,11H2,1H3,(H,26,30)(H,27,28,29). The van der Waals surface area contributed by atoms with Gasteiger partial charge in [0.05, 0.1) is 23.4 Å². The lowest BCUT2D eigenvalue weighted by Gasteiger charge is -2.08. The van der Waals surface area contributed by atoms with Crippen molar-refractivity contribution in [1.82, 2.24) is 20.3 Å². The van der Waals surface area contributed by atoms with Crippen molar-refractivity contribution in [3.63, 3.8) is 0 Å². The summed E-state index contributed by atoms with van der Waals surface area (Å²) in [5, 5.41) is 3.18. The Hall–Kier alpha value is -4.00. The highest BCUT2D eigenvalue weighted by Gasteiger charge is 2.19. The van der Waals surface area contributed by atoms with E-state index in [1.54, 1.807) is 0 Å². The van der Waals surface area contributed by atoms with Gasteiger partial charge in [0.25, 0.3) is 11.5 Å². The summed E-state index contributed by atoms with van der Waals surface area (Å²) in [5.74, 6) is 0.623. The van der Waals surface area contributed by atoms with Crippen LogP contribution in [0, 0.1) is 0 Å². The minimum Gasteiger partial charge on any atom is -0.490 e.